The van der Waals surface area contributed by atoms with E-state index in [1.54, 1.807) is 10.9 Å². The molecule has 0 aliphatic rings. The Kier molecular flexibility index (Phi) is 11.3. The summed E-state index contributed by atoms with van der Waals surface area (Å²) in [5.74, 6) is 0.494. The SMILES string of the molecule is CCN(CC)c1ccc2nc3c(-c4ccccc4)nn(-c4ccccn4)c3nc2c1.CCN(CC)c1ccc2nc3c(-c4ccccc4)nn(-c4nccc(C(F)(F)F)n4)c3nc2c1. The van der Waals surface area contributed by atoms with Crippen LogP contribution in [0.25, 0.3) is 78.7 Å². The molecule has 0 amide bonds. The standard InChI is InChI=1S/C24H20F3N7.C24H22N6/c1-3-33(4-2)16-10-11-17-18(14-16)30-22-21(29-17)20(15-8-6-5-7-9-15)32-34(22)23-28-13-12-19(31-23)24(25,26)27;1-3-29(4-2)18-13-14-19-20(16-18)27-24-23(26-19)22(17-10-6-5-7-11-17)28-30(24)21-12-8-9-15-25-21/h5-14H,3-4H2,1-2H3;5-16H,3-4H2,1-2H3. The fourth-order valence-electron chi connectivity index (χ4n) is 7.61. The molecule has 10 aromatic rings. The molecule has 0 saturated carbocycles. The fraction of sp³-hybridized carbons (Fsp3) is 0.188. The number of pyridine rings is 1. The van der Waals surface area contributed by atoms with Crippen LogP contribution in [-0.4, -0.2) is 80.6 Å². The van der Waals surface area contributed by atoms with E-state index in [2.05, 4.69) is 69.7 Å². The molecule has 0 unspecified atom stereocenters. The zero-order valence-corrected chi connectivity index (χ0v) is 35.5. The average molecular weight is 858 g/mol. The van der Waals surface area contributed by atoms with Crippen LogP contribution in [0.3, 0.4) is 0 Å². The van der Waals surface area contributed by atoms with Crippen LogP contribution in [0.1, 0.15) is 33.4 Å². The van der Waals surface area contributed by atoms with E-state index in [0.29, 0.717) is 27.9 Å². The predicted molar refractivity (Wildman–Crippen MR) is 245 cm³/mol. The topological polar surface area (TPSA) is 132 Å². The number of nitrogens with zero attached hydrogens (tertiary/aromatic N) is 13. The van der Waals surface area contributed by atoms with Crippen molar-refractivity contribution in [2.45, 2.75) is 33.9 Å². The third-order valence-corrected chi connectivity index (χ3v) is 10.8. The summed E-state index contributed by atoms with van der Waals surface area (Å²) in [5.41, 5.74) is 9.30. The van der Waals surface area contributed by atoms with Gasteiger partial charge in [-0.3, -0.25) is 0 Å². The number of alkyl halides is 3. The zero-order valence-electron chi connectivity index (χ0n) is 35.5. The highest BCUT2D eigenvalue weighted by atomic mass is 19.4. The molecule has 0 N–H and O–H groups in total. The Morgan fingerprint density at radius 1 is 0.484 bits per heavy atom. The van der Waals surface area contributed by atoms with Crippen molar-refractivity contribution in [3.63, 3.8) is 0 Å². The summed E-state index contributed by atoms with van der Waals surface area (Å²) in [6.07, 6.45) is -1.79. The first-order valence-electron chi connectivity index (χ1n) is 21.0. The van der Waals surface area contributed by atoms with Gasteiger partial charge in [-0.05, 0) is 82.3 Å². The minimum Gasteiger partial charge on any atom is -0.372 e. The van der Waals surface area contributed by atoms with Gasteiger partial charge in [-0.25, -0.2) is 34.9 Å². The van der Waals surface area contributed by atoms with Crippen molar-refractivity contribution >= 4 is 55.8 Å². The van der Waals surface area contributed by atoms with Crippen molar-refractivity contribution in [3.8, 4) is 34.3 Å². The average Bonchev–Trinajstić information content (AvgIpc) is 3.90. The Balaban J connectivity index is 0.000000163. The van der Waals surface area contributed by atoms with E-state index in [0.717, 1.165) is 89.0 Å². The largest absolute Gasteiger partial charge is 0.433 e. The van der Waals surface area contributed by atoms with Crippen LogP contribution < -0.4 is 9.80 Å². The molecule has 0 aliphatic heterocycles. The van der Waals surface area contributed by atoms with E-state index in [4.69, 9.17) is 25.0 Å². The maximum atomic E-state index is 13.3. The first-order chi connectivity index (χ1) is 31.2. The van der Waals surface area contributed by atoms with Crippen molar-refractivity contribution in [2.75, 3.05) is 36.0 Å². The molecule has 4 aromatic carbocycles. The van der Waals surface area contributed by atoms with Crippen LogP contribution in [-0.2, 0) is 6.18 Å². The second-order valence-corrected chi connectivity index (χ2v) is 14.7. The fourth-order valence-corrected chi connectivity index (χ4v) is 7.61. The van der Waals surface area contributed by atoms with Crippen molar-refractivity contribution in [2.24, 2.45) is 0 Å². The quantitative estimate of drug-likeness (QED) is 0.130. The highest BCUT2D eigenvalue weighted by Gasteiger charge is 2.33. The summed E-state index contributed by atoms with van der Waals surface area (Å²) in [5, 5.41) is 9.42. The highest BCUT2D eigenvalue weighted by Crippen LogP contribution is 2.33. The molecule has 6 heterocycles. The number of aromatic nitrogens is 11. The third kappa shape index (κ3) is 8.00. The van der Waals surface area contributed by atoms with Crippen LogP contribution in [0.5, 0.6) is 0 Å². The van der Waals surface area contributed by atoms with Crippen LogP contribution in [0, 0.1) is 0 Å². The number of anilines is 2. The first-order valence-corrected chi connectivity index (χ1v) is 21.0. The lowest BCUT2D eigenvalue weighted by Gasteiger charge is -2.21. The highest BCUT2D eigenvalue weighted by molar-refractivity contribution is 5.96. The Hall–Kier alpha value is -7.88. The lowest BCUT2D eigenvalue weighted by molar-refractivity contribution is -0.141. The first kappa shape index (κ1) is 41.5. The third-order valence-electron chi connectivity index (χ3n) is 10.8. The second-order valence-electron chi connectivity index (χ2n) is 14.7. The van der Waals surface area contributed by atoms with E-state index in [9.17, 15) is 13.2 Å². The van der Waals surface area contributed by atoms with E-state index in [1.807, 2.05) is 103 Å². The van der Waals surface area contributed by atoms with Gasteiger partial charge in [0.05, 0.1) is 22.1 Å². The zero-order chi connectivity index (χ0) is 44.4. The molecule has 10 rings (SSSR count). The van der Waals surface area contributed by atoms with Crippen molar-refractivity contribution in [1.82, 2.24) is 54.4 Å². The van der Waals surface area contributed by atoms with Gasteiger partial charge < -0.3 is 9.80 Å². The van der Waals surface area contributed by atoms with Gasteiger partial charge in [0.1, 0.15) is 28.1 Å². The lowest BCUT2D eigenvalue weighted by atomic mass is 10.1. The molecule has 0 fully saturated rings. The van der Waals surface area contributed by atoms with Gasteiger partial charge in [-0.2, -0.15) is 32.7 Å². The number of rotatable bonds is 10. The number of halogens is 3. The molecule has 0 radical (unpaired) electrons. The summed E-state index contributed by atoms with van der Waals surface area (Å²) in [6.45, 7) is 12.0. The van der Waals surface area contributed by atoms with E-state index < -0.39 is 11.9 Å². The van der Waals surface area contributed by atoms with Gasteiger partial charge in [0, 0.05) is 61.1 Å². The molecule has 13 nitrogen and oxygen atoms in total. The number of hydrogen-bond donors (Lipinski definition) is 0. The summed E-state index contributed by atoms with van der Waals surface area (Å²) < 4.78 is 42.9. The number of hydrogen-bond acceptors (Lipinski definition) is 11. The lowest BCUT2D eigenvalue weighted by Crippen LogP contribution is -2.21. The molecule has 6 aromatic heterocycles. The van der Waals surface area contributed by atoms with Crippen LogP contribution in [0.15, 0.2) is 134 Å². The molecular formula is C48H42F3N13. The predicted octanol–water partition coefficient (Wildman–Crippen LogP) is 10.2. The minimum atomic E-state index is -4.61. The molecule has 0 aliphatic carbocycles. The van der Waals surface area contributed by atoms with Crippen molar-refractivity contribution in [3.05, 3.63) is 139 Å². The molecule has 320 valence electrons. The smallest absolute Gasteiger partial charge is 0.372 e. The maximum absolute atomic E-state index is 13.3. The summed E-state index contributed by atoms with van der Waals surface area (Å²) in [4.78, 5) is 36.2. The van der Waals surface area contributed by atoms with Crippen molar-refractivity contribution in [1.29, 1.82) is 0 Å². The summed E-state index contributed by atoms with van der Waals surface area (Å²) in [7, 11) is 0. The van der Waals surface area contributed by atoms with E-state index in [-0.39, 0.29) is 11.6 Å². The van der Waals surface area contributed by atoms with Gasteiger partial charge in [-0.1, -0.05) is 66.7 Å². The Bertz CT molecular complexity index is 3220. The van der Waals surface area contributed by atoms with Crippen LogP contribution >= 0.6 is 0 Å². The van der Waals surface area contributed by atoms with Gasteiger partial charge >= 0.3 is 6.18 Å². The Labute approximate surface area is 366 Å². The molecule has 0 spiro atoms. The monoisotopic (exact) mass is 857 g/mol. The molecule has 0 saturated heterocycles. The molecule has 0 atom stereocenters. The van der Waals surface area contributed by atoms with Gasteiger partial charge in [0.15, 0.2) is 17.1 Å². The number of benzene rings is 4. The van der Waals surface area contributed by atoms with E-state index >= 15 is 0 Å². The summed E-state index contributed by atoms with van der Waals surface area (Å²) >= 11 is 0. The second kappa shape index (κ2) is 17.5. The van der Waals surface area contributed by atoms with Gasteiger partial charge in [0.25, 0.3) is 5.95 Å². The minimum absolute atomic E-state index is 0.226. The maximum Gasteiger partial charge on any atom is 0.433 e. The molecule has 0 bridgehead atoms. The Morgan fingerprint density at radius 3 is 1.47 bits per heavy atom. The summed E-state index contributed by atoms with van der Waals surface area (Å²) in [6, 6.07) is 38.0. The van der Waals surface area contributed by atoms with Crippen molar-refractivity contribution < 1.29 is 13.2 Å². The Morgan fingerprint density at radius 2 is 0.984 bits per heavy atom. The van der Waals surface area contributed by atoms with E-state index in [1.165, 1.54) is 4.68 Å². The van der Waals surface area contributed by atoms with Crippen LogP contribution in [0.2, 0.25) is 0 Å². The van der Waals surface area contributed by atoms with Gasteiger partial charge in [-0.15, -0.1) is 0 Å². The normalized spacial score (nSPS) is 11.6. The van der Waals surface area contributed by atoms with Gasteiger partial charge in [0.2, 0.25) is 0 Å². The van der Waals surface area contributed by atoms with Crippen LogP contribution in [0.4, 0.5) is 24.5 Å². The molecule has 16 heteroatoms. The molecular weight excluding hydrogens is 816 g/mol. The number of fused-ring (bicyclic) bond motifs is 4. The molecule has 64 heavy (non-hydrogen) atoms.